The Hall–Kier alpha value is -1.79. The van der Waals surface area contributed by atoms with Gasteiger partial charge in [0.2, 0.25) is 0 Å². The average molecular weight is 334 g/mol. The molecule has 2 rings (SSSR count). The second-order valence-corrected chi connectivity index (χ2v) is 7.25. The maximum absolute atomic E-state index is 12.2. The van der Waals surface area contributed by atoms with E-state index < -0.39 is 0 Å². The zero-order valence-electron chi connectivity index (χ0n) is 15.0. The monoisotopic (exact) mass is 334 g/mol. The maximum Gasteiger partial charge on any atom is 0.319 e. The predicted molar refractivity (Wildman–Crippen MR) is 98.7 cm³/mol. The summed E-state index contributed by atoms with van der Waals surface area (Å²) in [5, 5.41) is 14.9. The fraction of sp³-hybridized carbons (Fsp3) is 0.611. The summed E-state index contributed by atoms with van der Waals surface area (Å²) in [6, 6.07) is 7.72. The Bertz CT molecular complexity index is 540. The molecule has 0 atom stereocenters. The van der Waals surface area contributed by atoms with Gasteiger partial charge in [0.05, 0.1) is 11.4 Å². The molecule has 0 spiro atoms. The molecule has 1 heterocycles. The van der Waals surface area contributed by atoms with E-state index >= 15 is 0 Å². The summed E-state index contributed by atoms with van der Waals surface area (Å²) >= 11 is 0. The van der Waals surface area contributed by atoms with E-state index in [2.05, 4.69) is 33.5 Å². The number of rotatable bonds is 6. The number of carbonyl (C=O) groups is 1. The van der Waals surface area contributed by atoms with Crippen LogP contribution in [0.5, 0.6) is 0 Å². The molecule has 1 aliphatic heterocycles. The van der Waals surface area contributed by atoms with Gasteiger partial charge in [0.15, 0.2) is 0 Å². The minimum absolute atomic E-state index is 0.122. The highest BCUT2D eigenvalue weighted by Crippen LogP contribution is 2.26. The quantitative estimate of drug-likeness (QED) is 0.744. The number of benzene rings is 1. The first-order valence-electron chi connectivity index (χ1n) is 8.59. The van der Waals surface area contributed by atoms with Gasteiger partial charge in [-0.05, 0) is 31.0 Å². The lowest BCUT2D eigenvalue weighted by Crippen LogP contribution is -2.45. The maximum atomic E-state index is 12.2. The van der Waals surface area contributed by atoms with Crippen molar-refractivity contribution in [3.63, 3.8) is 0 Å². The van der Waals surface area contributed by atoms with Gasteiger partial charge in [0.1, 0.15) is 0 Å². The van der Waals surface area contributed by atoms with E-state index in [4.69, 9.17) is 5.11 Å². The van der Waals surface area contributed by atoms with Crippen LogP contribution in [0.1, 0.15) is 20.3 Å². The lowest BCUT2D eigenvalue weighted by atomic mass is 9.90. The molecule has 2 amide bonds. The van der Waals surface area contributed by atoms with Gasteiger partial charge >= 0.3 is 6.03 Å². The largest absolute Gasteiger partial charge is 0.396 e. The van der Waals surface area contributed by atoms with Crippen LogP contribution in [0, 0.1) is 5.41 Å². The van der Waals surface area contributed by atoms with Crippen LogP contribution >= 0.6 is 0 Å². The second-order valence-electron chi connectivity index (χ2n) is 7.25. The summed E-state index contributed by atoms with van der Waals surface area (Å²) in [5.74, 6) is 0. The Morgan fingerprint density at radius 1 is 1.21 bits per heavy atom. The van der Waals surface area contributed by atoms with Gasteiger partial charge < -0.3 is 25.5 Å². The molecule has 1 aliphatic rings. The molecule has 134 valence electrons. The number of aliphatic hydroxyl groups excluding tert-OH is 1. The Kier molecular flexibility index (Phi) is 6.45. The number of nitrogens with one attached hydrogen (secondary N) is 2. The van der Waals surface area contributed by atoms with E-state index in [-0.39, 0.29) is 18.1 Å². The van der Waals surface area contributed by atoms with Crippen molar-refractivity contribution in [2.45, 2.75) is 20.3 Å². The summed E-state index contributed by atoms with van der Waals surface area (Å²) < 4.78 is 0. The predicted octanol–water partition coefficient (Wildman–Crippen LogP) is 1.97. The standard InChI is InChI=1S/C18H30N4O2/c1-18(2,8-13-23)14-19-17(24)20-15-6-4-5-7-16(15)22-11-9-21(3)10-12-22/h4-7,23H,8-14H2,1-3H3,(H2,19,20,24). The third-order valence-electron chi connectivity index (χ3n) is 4.51. The minimum atomic E-state index is -0.206. The molecule has 0 aromatic heterocycles. The van der Waals surface area contributed by atoms with E-state index in [1.807, 2.05) is 32.0 Å². The molecule has 3 N–H and O–H groups in total. The van der Waals surface area contributed by atoms with Crippen molar-refractivity contribution in [3.8, 4) is 0 Å². The molecule has 0 radical (unpaired) electrons. The van der Waals surface area contributed by atoms with E-state index in [9.17, 15) is 4.79 Å². The molecule has 6 heteroatoms. The molecule has 1 aromatic carbocycles. The molecular weight excluding hydrogens is 304 g/mol. The van der Waals surface area contributed by atoms with E-state index in [0.717, 1.165) is 37.6 Å². The van der Waals surface area contributed by atoms with Gasteiger partial charge in [0, 0.05) is 39.3 Å². The van der Waals surface area contributed by atoms with Crippen LogP contribution in [0.25, 0.3) is 0 Å². The molecule has 0 bridgehead atoms. The highest BCUT2D eigenvalue weighted by molar-refractivity contribution is 5.93. The number of nitrogens with zero attached hydrogens (tertiary/aromatic N) is 2. The third kappa shape index (κ3) is 5.39. The van der Waals surface area contributed by atoms with Crippen molar-refractivity contribution < 1.29 is 9.90 Å². The molecule has 1 aromatic rings. The van der Waals surface area contributed by atoms with Gasteiger partial charge in [-0.3, -0.25) is 0 Å². The summed E-state index contributed by atoms with van der Waals surface area (Å²) in [4.78, 5) is 16.9. The first kappa shape index (κ1) is 18.5. The molecule has 0 saturated carbocycles. The Balaban J connectivity index is 1.96. The molecule has 0 unspecified atom stereocenters. The number of aliphatic hydroxyl groups is 1. The van der Waals surface area contributed by atoms with Crippen LogP contribution in [-0.2, 0) is 0 Å². The number of carbonyl (C=O) groups excluding carboxylic acids is 1. The average Bonchev–Trinajstić information content (AvgIpc) is 2.55. The van der Waals surface area contributed by atoms with Crippen molar-refractivity contribution in [2.24, 2.45) is 5.41 Å². The van der Waals surface area contributed by atoms with Crippen molar-refractivity contribution in [3.05, 3.63) is 24.3 Å². The van der Waals surface area contributed by atoms with Crippen molar-refractivity contribution in [1.82, 2.24) is 10.2 Å². The summed E-state index contributed by atoms with van der Waals surface area (Å²) in [7, 11) is 2.13. The molecular formula is C18H30N4O2. The van der Waals surface area contributed by atoms with Crippen LogP contribution in [0.15, 0.2) is 24.3 Å². The number of hydrogen-bond donors (Lipinski definition) is 3. The molecule has 24 heavy (non-hydrogen) atoms. The first-order chi connectivity index (χ1) is 11.4. The molecule has 0 aliphatic carbocycles. The number of urea groups is 1. The van der Waals surface area contributed by atoms with E-state index in [1.165, 1.54) is 0 Å². The van der Waals surface area contributed by atoms with E-state index in [0.29, 0.717) is 13.0 Å². The number of piperazine rings is 1. The molecule has 1 saturated heterocycles. The Labute approximate surface area is 144 Å². The molecule has 6 nitrogen and oxygen atoms in total. The highest BCUT2D eigenvalue weighted by Gasteiger charge is 2.20. The van der Waals surface area contributed by atoms with Gasteiger partial charge in [-0.15, -0.1) is 0 Å². The third-order valence-corrected chi connectivity index (χ3v) is 4.51. The fourth-order valence-electron chi connectivity index (χ4n) is 2.78. The van der Waals surface area contributed by atoms with Crippen molar-refractivity contribution in [1.29, 1.82) is 0 Å². The number of anilines is 2. The minimum Gasteiger partial charge on any atom is -0.396 e. The first-order valence-corrected chi connectivity index (χ1v) is 8.59. The number of hydrogen-bond acceptors (Lipinski definition) is 4. The number of likely N-dealkylation sites (N-methyl/N-ethyl adjacent to an activating group) is 1. The zero-order valence-corrected chi connectivity index (χ0v) is 15.0. The summed E-state index contributed by atoms with van der Waals surface area (Å²) in [6.45, 7) is 8.68. The van der Waals surface area contributed by atoms with Crippen LogP contribution in [0.4, 0.5) is 16.2 Å². The fourth-order valence-corrected chi connectivity index (χ4v) is 2.78. The van der Waals surface area contributed by atoms with Crippen molar-refractivity contribution in [2.75, 3.05) is 56.6 Å². The van der Waals surface area contributed by atoms with E-state index in [1.54, 1.807) is 0 Å². The Morgan fingerprint density at radius 3 is 2.54 bits per heavy atom. The Morgan fingerprint density at radius 2 is 1.88 bits per heavy atom. The molecule has 1 fully saturated rings. The normalized spacial score (nSPS) is 16.1. The smallest absolute Gasteiger partial charge is 0.319 e. The summed E-state index contributed by atoms with van der Waals surface area (Å²) in [5.41, 5.74) is 1.78. The summed E-state index contributed by atoms with van der Waals surface area (Å²) in [6.07, 6.45) is 0.658. The van der Waals surface area contributed by atoms with Gasteiger partial charge in [-0.2, -0.15) is 0 Å². The van der Waals surface area contributed by atoms with Crippen LogP contribution in [-0.4, -0.2) is 62.4 Å². The number of amides is 2. The lowest BCUT2D eigenvalue weighted by molar-refractivity contribution is 0.204. The number of para-hydroxylation sites is 2. The van der Waals surface area contributed by atoms with Gasteiger partial charge in [-0.25, -0.2) is 4.79 Å². The van der Waals surface area contributed by atoms with Crippen LogP contribution in [0.2, 0.25) is 0 Å². The van der Waals surface area contributed by atoms with Crippen molar-refractivity contribution >= 4 is 17.4 Å². The van der Waals surface area contributed by atoms with Gasteiger partial charge in [0.25, 0.3) is 0 Å². The van der Waals surface area contributed by atoms with Crippen LogP contribution < -0.4 is 15.5 Å². The zero-order chi connectivity index (χ0) is 17.6. The van der Waals surface area contributed by atoms with Crippen LogP contribution in [0.3, 0.4) is 0 Å². The second kappa shape index (κ2) is 8.35. The SMILES string of the molecule is CN1CCN(c2ccccc2NC(=O)NCC(C)(C)CCO)CC1. The van der Waals surface area contributed by atoms with Gasteiger partial charge in [-0.1, -0.05) is 26.0 Å². The highest BCUT2D eigenvalue weighted by atomic mass is 16.3. The topological polar surface area (TPSA) is 67.8 Å². The lowest BCUT2D eigenvalue weighted by Gasteiger charge is -2.35.